The van der Waals surface area contributed by atoms with Crippen LogP contribution in [0.3, 0.4) is 0 Å². The van der Waals surface area contributed by atoms with Gasteiger partial charge in [-0.1, -0.05) is 19.9 Å². The molecule has 0 aliphatic heterocycles. The van der Waals surface area contributed by atoms with Gasteiger partial charge in [-0.05, 0) is 37.5 Å². The van der Waals surface area contributed by atoms with Gasteiger partial charge in [-0.3, -0.25) is 9.36 Å². The quantitative estimate of drug-likeness (QED) is 0.635. The van der Waals surface area contributed by atoms with E-state index in [1.54, 1.807) is 18.2 Å². The fourth-order valence-corrected chi connectivity index (χ4v) is 4.57. The first-order valence-corrected chi connectivity index (χ1v) is 11.2. The zero-order valence-electron chi connectivity index (χ0n) is 18.1. The molecule has 2 rings (SSSR count). The maximum absolute atomic E-state index is 13.0. The molecule has 0 saturated heterocycles. The highest BCUT2D eigenvalue weighted by atomic mass is 32.2. The van der Waals surface area contributed by atoms with Crippen LogP contribution in [0.1, 0.15) is 39.3 Å². The molecule has 9 nitrogen and oxygen atoms in total. The average molecular weight is 440 g/mol. The van der Waals surface area contributed by atoms with E-state index in [0.29, 0.717) is 30.3 Å². The van der Waals surface area contributed by atoms with Gasteiger partial charge in [-0.25, -0.2) is 17.9 Å². The molecule has 30 heavy (non-hydrogen) atoms. The minimum atomic E-state index is -4.21. The van der Waals surface area contributed by atoms with Crippen LogP contribution < -0.4 is 25.4 Å². The number of hydrogen-bond acceptors (Lipinski definition) is 6. The average Bonchev–Trinajstić information content (AvgIpc) is 2.68. The number of hydrogen-bond donors (Lipinski definition) is 1. The highest BCUT2D eigenvalue weighted by Gasteiger charge is 2.28. The highest BCUT2D eigenvalue weighted by Crippen LogP contribution is 2.33. The predicted octanol–water partition coefficient (Wildman–Crippen LogP) is 1.56. The van der Waals surface area contributed by atoms with Crippen molar-refractivity contribution < 1.29 is 17.9 Å². The minimum absolute atomic E-state index is 0.136. The number of benzene rings is 1. The second kappa shape index (κ2) is 9.48. The molecule has 0 radical (unpaired) electrons. The van der Waals surface area contributed by atoms with Crippen LogP contribution >= 0.6 is 0 Å². The van der Waals surface area contributed by atoms with Gasteiger partial charge >= 0.3 is 5.69 Å². The topological polar surface area (TPSA) is 109 Å². The van der Waals surface area contributed by atoms with Gasteiger partial charge in [0, 0.05) is 26.3 Å². The first-order chi connectivity index (χ1) is 14.0. The summed E-state index contributed by atoms with van der Waals surface area (Å²) in [4.78, 5) is 23.8. The number of ether oxygens (including phenoxy) is 2. The predicted molar refractivity (Wildman–Crippen MR) is 114 cm³/mol. The lowest BCUT2D eigenvalue weighted by atomic mass is 9.97. The Balaban J connectivity index is 2.52. The summed E-state index contributed by atoms with van der Waals surface area (Å²) in [7, 11) is -1.57. The zero-order chi connectivity index (χ0) is 22.6. The molecule has 0 spiro atoms. The van der Waals surface area contributed by atoms with Crippen molar-refractivity contribution in [1.82, 2.24) is 13.9 Å². The SMILES string of the molecule is CCOc1ccc([C@H](NS(=O)(=O)c2cn(C)c(=O)n(C)c2=O)C(C)C)cc1OCC. The van der Waals surface area contributed by atoms with Gasteiger partial charge in [0.15, 0.2) is 16.4 Å². The molecule has 0 bridgehead atoms. The van der Waals surface area contributed by atoms with Gasteiger partial charge < -0.3 is 14.0 Å². The van der Waals surface area contributed by atoms with Crippen LogP contribution in [0.5, 0.6) is 11.5 Å². The van der Waals surface area contributed by atoms with Gasteiger partial charge in [0.2, 0.25) is 10.0 Å². The molecule has 1 N–H and O–H groups in total. The van der Waals surface area contributed by atoms with E-state index in [1.165, 1.54) is 14.1 Å². The number of sulfonamides is 1. The van der Waals surface area contributed by atoms with E-state index in [-0.39, 0.29) is 5.92 Å². The molecule has 10 heteroatoms. The Morgan fingerprint density at radius 1 is 1.03 bits per heavy atom. The molecule has 1 heterocycles. The van der Waals surface area contributed by atoms with Crippen LogP contribution in [0.2, 0.25) is 0 Å². The second-order valence-corrected chi connectivity index (χ2v) is 8.85. The van der Waals surface area contributed by atoms with Crippen LogP contribution in [0.25, 0.3) is 0 Å². The second-order valence-electron chi connectivity index (χ2n) is 7.17. The van der Waals surface area contributed by atoms with Gasteiger partial charge in [0.1, 0.15) is 0 Å². The van der Waals surface area contributed by atoms with Crippen LogP contribution in [0, 0.1) is 5.92 Å². The third-order valence-electron chi connectivity index (χ3n) is 4.58. The van der Waals surface area contributed by atoms with Crippen molar-refractivity contribution in [2.24, 2.45) is 20.0 Å². The van der Waals surface area contributed by atoms with Crippen LogP contribution in [0.15, 0.2) is 38.9 Å². The van der Waals surface area contributed by atoms with Crippen molar-refractivity contribution in [3.8, 4) is 11.5 Å². The Bertz CT molecular complexity index is 1120. The van der Waals surface area contributed by atoms with E-state index in [0.717, 1.165) is 15.3 Å². The van der Waals surface area contributed by atoms with Crippen LogP contribution in [-0.4, -0.2) is 30.8 Å². The van der Waals surface area contributed by atoms with Crippen LogP contribution in [0.4, 0.5) is 0 Å². The first kappa shape index (κ1) is 23.7. The van der Waals surface area contributed by atoms with Crippen molar-refractivity contribution in [3.05, 3.63) is 50.8 Å². The van der Waals surface area contributed by atoms with Crippen molar-refractivity contribution in [2.75, 3.05) is 13.2 Å². The molecule has 2 aromatic rings. The molecule has 166 valence electrons. The fourth-order valence-electron chi connectivity index (χ4n) is 3.04. The smallest absolute Gasteiger partial charge is 0.330 e. The maximum atomic E-state index is 13.0. The number of rotatable bonds is 9. The lowest BCUT2D eigenvalue weighted by Gasteiger charge is -2.24. The summed E-state index contributed by atoms with van der Waals surface area (Å²) >= 11 is 0. The Morgan fingerprint density at radius 3 is 2.20 bits per heavy atom. The Labute approximate surface area is 176 Å². The summed E-state index contributed by atoms with van der Waals surface area (Å²) in [5.74, 6) is 0.948. The summed E-state index contributed by atoms with van der Waals surface area (Å²) in [5, 5.41) is 0. The largest absolute Gasteiger partial charge is 0.490 e. The Kier molecular flexibility index (Phi) is 7.49. The molecular formula is C20H29N3O6S. The third-order valence-corrected chi connectivity index (χ3v) is 6.00. The van der Waals surface area contributed by atoms with Crippen molar-refractivity contribution >= 4 is 10.0 Å². The molecule has 1 aromatic carbocycles. The molecule has 0 saturated carbocycles. The van der Waals surface area contributed by atoms with Gasteiger partial charge in [0.05, 0.1) is 13.2 Å². The van der Waals surface area contributed by atoms with Gasteiger partial charge in [0.25, 0.3) is 5.56 Å². The van der Waals surface area contributed by atoms with Crippen molar-refractivity contribution in [3.63, 3.8) is 0 Å². The lowest BCUT2D eigenvalue weighted by molar-refractivity contribution is 0.287. The molecule has 0 amide bonds. The molecule has 0 aliphatic rings. The van der Waals surface area contributed by atoms with Crippen molar-refractivity contribution in [2.45, 2.75) is 38.6 Å². The summed E-state index contributed by atoms with van der Waals surface area (Å²) in [6.07, 6.45) is 1.04. The van der Waals surface area contributed by atoms with E-state index in [1.807, 2.05) is 27.7 Å². The number of aryl methyl sites for hydroxylation is 1. The maximum Gasteiger partial charge on any atom is 0.330 e. The zero-order valence-corrected chi connectivity index (χ0v) is 18.9. The molecule has 0 aliphatic carbocycles. The minimum Gasteiger partial charge on any atom is -0.490 e. The monoisotopic (exact) mass is 439 g/mol. The molecule has 0 unspecified atom stereocenters. The van der Waals surface area contributed by atoms with E-state index < -0.39 is 32.2 Å². The summed E-state index contributed by atoms with van der Waals surface area (Å²) in [6, 6.07) is 4.60. The van der Waals surface area contributed by atoms with Crippen LogP contribution in [-0.2, 0) is 24.1 Å². The fraction of sp³-hybridized carbons (Fsp3) is 0.500. The summed E-state index contributed by atoms with van der Waals surface area (Å²) in [5.41, 5.74) is -0.816. The number of nitrogens with one attached hydrogen (secondary N) is 1. The molecule has 0 fully saturated rings. The van der Waals surface area contributed by atoms with E-state index >= 15 is 0 Å². The number of aromatic nitrogens is 2. The molecule has 1 atom stereocenters. The Morgan fingerprint density at radius 2 is 1.63 bits per heavy atom. The highest BCUT2D eigenvalue weighted by molar-refractivity contribution is 7.89. The molecule has 1 aromatic heterocycles. The van der Waals surface area contributed by atoms with E-state index in [4.69, 9.17) is 9.47 Å². The van der Waals surface area contributed by atoms with E-state index in [2.05, 4.69) is 4.72 Å². The van der Waals surface area contributed by atoms with Gasteiger partial charge in [-0.15, -0.1) is 0 Å². The lowest BCUT2D eigenvalue weighted by Crippen LogP contribution is -2.42. The first-order valence-electron chi connectivity index (χ1n) is 9.72. The normalized spacial score (nSPS) is 12.8. The van der Waals surface area contributed by atoms with Crippen molar-refractivity contribution in [1.29, 1.82) is 0 Å². The third kappa shape index (κ3) is 4.93. The van der Waals surface area contributed by atoms with Gasteiger partial charge in [-0.2, -0.15) is 0 Å². The van der Waals surface area contributed by atoms with E-state index in [9.17, 15) is 18.0 Å². The Hall–Kier alpha value is -2.59. The summed E-state index contributed by atoms with van der Waals surface area (Å²) in [6.45, 7) is 8.33. The summed E-state index contributed by atoms with van der Waals surface area (Å²) < 4.78 is 41.7. The number of nitrogens with zero attached hydrogens (tertiary/aromatic N) is 2. The standard InChI is InChI=1S/C20H29N3O6S/c1-7-28-15-10-9-14(11-16(15)29-8-2)18(13(3)4)21-30(26,27)17-12-22(5)20(25)23(6)19(17)24/h9-13,18,21H,7-8H2,1-6H3/t18-/m1/s1. The molecular weight excluding hydrogens is 410 g/mol.